The van der Waals surface area contributed by atoms with Gasteiger partial charge in [0.2, 0.25) is 0 Å². The summed E-state index contributed by atoms with van der Waals surface area (Å²) < 4.78 is 1.37. The molecule has 0 rings (SSSR count). The minimum Gasteiger partial charge on any atom is -0.0700 e. The van der Waals surface area contributed by atoms with Crippen LogP contribution in [0.2, 0.25) is 0 Å². The molecule has 0 saturated heterocycles. The van der Waals surface area contributed by atoms with Gasteiger partial charge >= 0.3 is 0 Å². The van der Waals surface area contributed by atoms with E-state index in [2.05, 4.69) is 384 Å². The normalized spacial score (nSPS) is 16.6. The molecule has 0 N–H and O–H groups in total. The molecule has 0 saturated carbocycles. The summed E-state index contributed by atoms with van der Waals surface area (Å²) in [5.74, 6) is 0. The third kappa shape index (κ3) is 8.22. The fourth-order valence-electron chi connectivity index (χ4n) is 1.25. The lowest BCUT2D eigenvalue weighted by molar-refractivity contribution is 0.647. The number of rotatable bonds is 7. The minimum absolute atomic E-state index is 0.0146. The van der Waals surface area contributed by atoms with E-state index < -0.39 is 0 Å². The molecule has 0 amide bonds. The molecule has 17 heteroatoms. The van der Waals surface area contributed by atoms with Crippen molar-refractivity contribution in [3.63, 3.8) is 0 Å². The van der Waals surface area contributed by atoms with Crippen LogP contribution in [-0.2, 0) is 0 Å². The Morgan fingerprint density at radius 3 is 0.880 bits per heavy atom. The zero-order chi connectivity index (χ0) is 21.1. The molecular weight excluding hydrogens is 2250 g/mol. The number of alkyl halides is 15. The number of hydrogen-bond acceptors (Lipinski definition) is 0. The van der Waals surface area contributed by atoms with Gasteiger partial charge in [0.05, 0.1) is 0 Å². The van der Waals surface area contributed by atoms with Crippen LogP contribution in [0.1, 0.15) is 0 Å². The van der Waals surface area contributed by atoms with Crippen LogP contribution in [0.15, 0.2) is 0 Å². The van der Waals surface area contributed by atoms with E-state index in [4.69, 9.17) is 0 Å². The fraction of sp³-hybridized carbons (Fsp3) is 0.875. The highest BCUT2D eigenvalue weighted by Gasteiger charge is 2.77. The first-order valence-corrected chi connectivity index (χ1v) is 23.3. The van der Waals surface area contributed by atoms with Crippen LogP contribution >= 0.6 is 384 Å². The van der Waals surface area contributed by atoms with Gasteiger partial charge in [-0.05, 0) is 0 Å². The smallest absolute Gasteiger partial charge is 0.0700 e. The van der Waals surface area contributed by atoms with Crippen molar-refractivity contribution in [3.05, 3.63) is 1.93 Å². The first-order valence-electron chi connectivity index (χ1n) is 4.96. The molecule has 0 heterocycles. The lowest BCUT2D eigenvalue weighted by Gasteiger charge is -2.58. The van der Waals surface area contributed by atoms with E-state index in [1.165, 1.54) is 1.93 Å². The molecule has 0 bridgehead atoms. The molecule has 0 atom stereocenters. The van der Waals surface area contributed by atoms with Crippen LogP contribution in [0, 0.1) is 1.93 Å². The van der Waals surface area contributed by atoms with Crippen molar-refractivity contribution < 1.29 is 0 Å². The van der Waals surface area contributed by atoms with Gasteiger partial charge in [-0.25, -0.2) is 0 Å². The van der Waals surface area contributed by atoms with Gasteiger partial charge in [0.15, 0.2) is 0 Å². The summed E-state index contributed by atoms with van der Waals surface area (Å²) in [5, 5.41) is 0. The number of halogens is 17. The third-order valence-corrected chi connectivity index (χ3v) is 48.7. The first kappa shape index (κ1) is 37.4. The van der Waals surface area contributed by atoms with Gasteiger partial charge in [0.1, 0.15) is 9.94 Å². The second-order valence-corrected chi connectivity index (χ2v) is 53.3. The van der Waals surface area contributed by atoms with Crippen LogP contribution in [0.3, 0.4) is 0 Å². The van der Waals surface area contributed by atoms with Crippen molar-refractivity contribution in [2.45, 2.75) is 8.01 Å². The van der Waals surface area contributed by atoms with Crippen LogP contribution in [-0.4, -0.2) is 8.01 Å². The predicted octanol–water partition coefficient (Wildman–Crippen LogP) is 13.7. The molecule has 0 aromatic carbocycles. The summed E-state index contributed by atoms with van der Waals surface area (Å²) in [6.45, 7) is 0. The third-order valence-electron chi connectivity index (χ3n) is 2.63. The zero-order valence-corrected chi connectivity index (χ0v) is 47.1. The zero-order valence-electron chi connectivity index (χ0n) is 10.4. The van der Waals surface area contributed by atoms with Gasteiger partial charge in [0, 0.05) is 0 Å². The average molecular weight is 2250 g/mol. The Bertz CT molecular complexity index is 464. The van der Waals surface area contributed by atoms with Crippen molar-refractivity contribution in [3.8, 4) is 0 Å². The Balaban J connectivity index is 6.75. The van der Waals surface area contributed by atoms with Crippen LogP contribution < -0.4 is 0 Å². The molecule has 0 fully saturated rings. The van der Waals surface area contributed by atoms with E-state index in [9.17, 15) is 0 Å². The van der Waals surface area contributed by atoms with Gasteiger partial charge < -0.3 is 0 Å². The van der Waals surface area contributed by atoms with E-state index >= 15 is 0 Å². The first-order chi connectivity index (χ1) is 10.4. The highest BCUT2D eigenvalue weighted by atomic mass is 127. The summed E-state index contributed by atoms with van der Waals surface area (Å²) in [4.78, 5) is 0. The van der Waals surface area contributed by atoms with Gasteiger partial charge in [-0.2, -0.15) is 0 Å². The van der Waals surface area contributed by atoms with E-state index in [1.807, 2.05) is 0 Å². The van der Waals surface area contributed by atoms with Crippen LogP contribution in [0.4, 0.5) is 0 Å². The SMILES string of the molecule is I[C](I)C(I)(I)C(I)(I)C(I)(I)C(I)(I)C(I)(C(I)(I)I)C(I)(I)I. The Morgan fingerprint density at radius 2 is 0.680 bits per heavy atom. The second kappa shape index (κ2) is 13.9. The topological polar surface area (TPSA) is 0 Å². The van der Waals surface area contributed by atoms with Gasteiger partial charge in [0.25, 0.3) is 0 Å². The lowest BCUT2D eigenvalue weighted by Crippen LogP contribution is -2.68. The van der Waals surface area contributed by atoms with E-state index in [1.54, 1.807) is 0 Å². The molecule has 0 aliphatic rings. The minimum atomic E-state index is -0.0446. The maximum Gasteiger partial charge on any atom is 0.143 e. The van der Waals surface area contributed by atoms with Crippen molar-refractivity contribution in [2.24, 2.45) is 0 Å². The Hall–Kier alpha value is 12.4. The molecule has 0 aliphatic heterocycles. The quantitative estimate of drug-likeness (QED) is 0.176. The molecule has 25 heavy (non-hydrogen) atoms. The summed E-state index contributed by atoms with van der Waals surface area (Å²) in [7, 11) is 0. The maximum atomic E-state index is 2.75. The maximum absolute atomic E-state index is 2.75. The highest BCUT2D eigenvalue weighted by molar-refractivity contribution is 14.3. The number of hydrogen-bond donors (Lipinski definition) is 0. The summed E-state index contributed by atoms with van der Waals surface area (Å²) >= 11 is 45.1. The highest BCUT2D eigenvalue weighted by Crippen LogP contribution is 2.79. The molecule has 0 aliphatic carbocycles. The Morgan fingerprint density at radius 1 is 0.400 bits per heavy atom. The van der Waals surface area contributed by atoms with Crippen molar-refractivity contribution in [1.82, 2.24) is 0 Å². The van der Waals surface area contributed by atoms with Crippen molar-refractivity contribution >= 4 is 384 Å². The lowest BCUT2D eigenvalue weighted by atomic mass is 10.0. The van der Waals surface area contributed by atoms with Gasteiger partial charge in [-0.15, -0.1) is 0 Å². The fourth-order valence-corrected chi connectivity index (χ4v) is 31.6. The second-order valence-electron chi connectivity index (χ2n) is 4.21. The monoisotopic (exact) mass is 2250 g/mol. The molecule has 0 aromatic heterocycles. The molecule has 151 valence electrons. The summed E-state index contributed by atoms with van der Waals surface area (Å²) in [5.41, 5.74) is 0. The average Bonchev–Trinajstić information content (AvgIpc) is 2.33. The van der Waals surface area contributed by atoms with Crippen molar-refractivity contribution in [2.75, 3.05) is 0 Å². The standard InChI is InChI=1S/C8I17/c9-1(10)2(11,12)4(14,15)6(18,19)5(16,17)3(13,7(20,21)22)8(23,24)25. The Labute approximate surface area is 381 Å². The van der Waals surface area contributed by atoms with Crippen LogP contribution in [0.25, 0.3) is 0 Å². The molecule has 0 unspecified atom stereocenters. The van der Waals surface area contributed by atoms with E-state index in [-0.39, 0.29) is 8.01 Å². The van der Waals surface area contributed by atoms with E-state index in [0.29, 0.717) is 0 Å². The Kier molecular flexibility index (Phi) is 20.7. The summed E-state index contributed by atoms with van der Waals surface area (Å²) in [6, 6.07) is 0. The largest absolute Gasteiger partial charge is 0.143 e. The van der Waals surface area contributed by atoms with Crippen molar-refractivity contribution in [1.29, 1.82) is 0 Å². The molecule has 0 nitrogen and oxygen atoms in total. The van der Waals surface area contributed by atoms with Gasteiger partial charge in [-0.3, -0.25) is 0 Å². The predicted molar refractivity (Wildman–Crippen MR) is 261 cm³/mol. The molecular formula is C8I17. The molecule has 0 spiro atoms. The molecule has 1 radical (unpaired) electrons. The molecule has 0 aromatic rings. The van der Waals surface area contributed by atoms with E-state index in [0.717, 1.165) is 0 Å². The van der Waals surface area contributed by atoms with Crippen LogP contribution in [0.5, 0.6) is 0 Å². The summed E-state index contributed by atoms with van der Waals surface area (Å²) in [6.07, 6.45) is 0. The van der Waals surface area contributed by atoms with Gasteiger partial charge in [-0.1, -0.05) is 384 Å².